The number of fused-ring (bicyclic) bond motifs is 1. The number of nitrogens with one attached hydrogen (secondary N) is 1. The second kappa shape index (κ2) is 8.49. The van der Waals surface area contributed by atoms with Gasteiger partial charge in [0.25, 0.3) is 0 Å². The lowest BCUT2D eigenvalue weighted by atomic mass is 10.0. The summed E-state index contributed by atoms with van der Waals surface area (Å²) >= 11 is 6.31. The molecule has 4 nitrogen and oxygen atoms in total. The Labute approximate surface area is 159 Å². The number of benzene rings is 1. The van der Waals surface area contributed by atoms with Crippen molar-refractivity contribution in [3.63, 3.8) is 0 Å². The first-order valence-electron chi connectivity index (χ1n) is 9.02. The van der Waals surface area contributed by atoms with E-state index in [4.69, 9.17) is 0 Å². The summed E-state index contributed by atoms with van der Waals surface area (Å²) in [5, 5.41) is 2.79. The van der Waals surface area contributed by atoms with Gasteiger partial charge in [-0.2, -0.15) is 12.6 Å². The van der Waals surface area contributed by atoms with Gasteiger partial charge < -0.3 is 10.2 Å². The van der Waals surface area contributed by atoms with Gasteiger partial charge in [-0.1, -0.05) is 30.3 Å². The molecule has 0 saturated carbocycles. The number of hydrogen-bond acceptors (Lipinski definition) is 4. The van der Waals surface area contributed by atoms with Crippen LogP contribution in [0.5, 0.6) is 0 Å². The average molecular weight is 379 g/mol. The minimum absolute atomic E-state index is 0.0794. The fourth-order valence-electron chi connectivity index (χ4n) is 3.63. The van der Waals surface area contributed by atoms with Crippen molar-refractivity contribution in [1.29, 1.82) is 0 Å². The van der Waals surface area contributed by atoms with Crippen molar-refractivity contribution in [2.45, 2.75) is 61.7 Å². The molecule has 0 radical (unpaired) electrons. The fourth-order valence-corrected chi connectivity index (χ4v) is 5.36. The summed E-state index contributed by atoms with van der Waals surface area (Å²) in [5.74, 6) is 0.829. The van der Waals surface area contributed by atoms with Crippen molar-refractivity contribution < 1.29 is 9.59 Å². The molecule has 2 heterocycles. The Morgan fingerprint density at radius 1 is 1.32 bits per heavy atom. The summed E-state index contributed by atoms with van der Waals surface area (Å²) in [6.45, 7) is 2.12. The zero-order valence-corrected chi connectivity index (χ0v) is 16.3. The van der Waals surface area contributed by atoms with Gasteiger partial charge in [-0.15, -0.1) is 11.8 Å². The van der Waals surface area contributed by atoms with E-state index in [2.05, 4.69) is 24.9 Å². The van der Waals surface area contributed by atoms with Crippen LogP contribution in [0.25, 0.3) is 0 Å². The summed E-state index contributed by atoms with van der Waals surface area (Å²) < 4.78 is 0. The third-order valence-corrected chi connectivity index (χ3v) is 6.75. The lowest BCUT2D eigenvalue weighted by molar-refractivity contribution is -0.139. The molecular formula is C19H26N2O2S2. The van der Waals surface area contributed by atoms with Crippen LogP contribution in [0.1, 0.15) is 38.2 Å². The van der Waals surface area contributed by atoms with Crippen molar-refractivity contribution >= 4 is 36.2 Å². The number of thioether (sulfide) groups is 1. The van der Waals surface area contributed by atoms with E-state index >= 15 is 0 Å². The maximum Gasteiger partial charge on any atom is 0.246 e. The highest BCUT2D eigenvalue weighted by atomic mass is 32.2. The molecule has 4 atom stereocenters. The molecule has 0 bridgehead atoms. The van der Waals surface area contributed by atoms with E-state index in [9.17, 15) is 9.59 Å². The molecule has 1 unspecified atom stereocenters. The highest BCUT2D eigenvalue weighted by molar-refractivity contribution is 7.99. The van der Waals surface area contributed by atoms with Gasteiger partial charge in [0.1, 0.15) is 6.04 Å². The molecule has 6 heteroatoms. The molecule has 0 spiro atoms. The molecule has 0 aromatic heterocycles. The van der Waals surface area contributed by atoms with Gasteiger partial charge in [0.2, 0.25) is 11.8 Å². The number of hydrogen-bond donors (Lipinski definition) is 2. The average Bonchev–Trinajstić information content (AvgIpc) is 2.76. The molecule has 136 valence electrons. The molecule has 2 aliphatic heterocycles. The quantitative estimate of drug-likeness (QED) is 0.792. The standard InChI is InChI=1S/C19H26N2O2S2/c1-13-6-5-9-17-21(13)19(23)15(10-11-25-17)20-18(22)16(24)12-14-7-3-2-4-8-14/h2-4,7-8,13,15-17,24H,5-6,9-12H2,1H3,(H,20,22)/t13-,15+,16-,17?/m1/s1. The van der Waals surface area contributed by atoms with Crippen LogP contribution < -0.4 is 5.32 Å². The smallest absolute Gasteiger partial charge is 0.246 e. The molecule has 1 aromatic carbocycles. The number of nitrogens with zero attached hydrogens (tertiary/aromatic N) is 1. The number of amides is 2. The molecule has 2 aliphatic rings. The molecule has 0 aliphatic carbocycles. The molecular weight excluding hydrogens is 352 g/mol. The zero-order valence-electron chi connectivity index (χ0n) is 14.6. The molecule has 3 rings (SSSR count). The van der Waals surface area contributed by atoms with Gasteiger partial charge in [0.05, 0.1) is 10.6 Å². The molecule has 2 amide bonds. The molecule has 25 heavy (non-hydrogen) atoms. The second-order valence-corrected chi connectivity index (χ2v) is 8.82. The van der Waals surface area contributed by atoms with Gasteiger partial charge >= 0.3 is 0 Å². The Hall–Kier alpha value is -1.14. The Kier molecular flexibility index (Phi) is 6.34. The van der Waals surface area contributed by atoms with Crippen LogP contribution >= 0.6 is 24.4 Å². The summed E-state index contributed by atoms with van der Waals surface area (Å²) in [6.07, 6.45) is 4.54. The maximum atomic E-state index is 13.0. The Bertz CT molecular complexity index is 611. The lowest BCUT2D eigenvalue weighted by Crippen LogP contribution is -2.55. The van der Waals surface area contributed by atoms with Crippen LogP contribution in [0.3, 0.4) is 0 Å². The Balaban J connectivity index is 1.62. The van der Waals surface area contributed by atoms with Crippen LogP contribution in [-0.2, 0) is 16.0 Å². The Morgan fingerprint density at radius 2 is 2.08 bits per heavy atom. The van der Waals surface area contributed by atoms with E-state index in [-0.39, 0.29) is 23.2 Å². The van der Waals surface area contributed by atoms with E-state index in [1.165, 1.54) is 6.42 Å². The number of carbonyl (C=O) groups excluding carboxylic acids is 2. The predicted octanol–water partition coefficient (Wildman–Crippen LogP) is 2.88. The summed E-state index contributed by atoms with van der Waals surface area (Å²) in [7, 11) is 0. The monoisotopic (exact) mass is 378 g/mol. The zero-order chi connectivity index (χ0) is 17.8. The van der Waals surface area contributed by atoms with Crippen LogP contribution in [0.4, 0.5) is 0 Å². The van der Waals surface area contributed by atoms with Crippen molar-refractivity contribution in [3.8, 4) is 0 Å². The normalized spacial score (nSPS) is 28.0. The van der Waals surface area contributed by atoms with Gasteiger partial charge in [-0.25, -0.2) is 0 Å². The first kappa shape index (κ1) is 18.6. The number of thiol groups is 1. The molecule has 1 N–H and O–H groups in total. The fraction of sp³-hybridized carbons (Fsp3) is 0.579. The van der Waals surface area contributed by atoms with Crippen LogP contribution in [0.2, 0.25) is 0 Å². The summed E-state index contributed by atoms with van der Waals surface area (Å²) in [6, 6.07) is 9.68. The third-order valence-electron chi connectivity index (χ3n) is 5.02. The van der Waals surface area contributed by atoms with Crippen molar-refractivity contribution in [3.05, 3.63) is 35.9 Å². The van der Waals surface area contributed by atoms with Crippen molar-refractivity contribution in [1.82, 2.24) is 10.2 Å². The number of rotatable bonds is 4. The molecule has 2 saturated heterocycles. The van der Waals surface area contributed by atoms with Gasteiger partial charge in [-0.3, -0.25) is 9.59 Å². The van der Waals surface area contributed by atoms with E-state index < -0.39 is 11.3 Å². The van der Waals surface area contributed by atoms with Gasteiger partial charge in [0.15, 0.2) is 0 Å². The van der Waals surface area contributed by atoms with Crippen molar-refractivity contribution in [2.24, 2.45) is 0 Å². The molecule has 1 aromatic rings. The van der Waals surface area contributed by atoms with Gasteiger partial charge in [0, 0.05) is 6.04 Å². The summed E-state index contributed by atoms with van der Waals surface area (Å²) in [4.78, 5) is 27.5. The maximum absolute atomic E-state index is 13.0. The Morgan fingerprint density at radius 3 is 2.84 bits per heavy atom. The first-order valence-corrected chi connectivity index (χ1v) is 10.6. The van der Waals surface area contributed by atoms with Gasteiger partial charge in [-0.05, 0) is 50.3 Å². The van der Waals surface area contributed by atoms with E-state index in [0.29, 0.717) is 12.8 Å². The topological polar surface area (TPSA) is 49.4 Å². The van der Waals surface area contributed by atoms with Crippen LogP contribution in [0, 0.1) is 0 Å². The largest absolute Gasteiger partial charge is 0.343 e. The highest BCUT2D eigenvalue weighted by Crippen LogP contribution is 2.34. The minimum Gasteiger partial charge on any atom is -0.343 e. The number of carbonyl (C=O) groups is 2. The highest BCUT2D eigenvalue weighted by Gasteiger charge is 2.38. The van der Waals surface area contributed by atoms with E-state index in [1.54, 1.807) is 0 Å². The van der Waals surface area contributed by atoms with E-state index in [1.807, 2.05) is 47.0 Å². The lowest BCUT2D eigenvalue weighted by Gasteiger charge is -2.40. The van der Waals surface area contributed by atoms with Crippen LogP contribution in [-0.4, -0.2) is 45.2 Å². The second-order valence-electron chi connectivity index (χ2n) is 6.91. The predicted molar refractivity (Wildman–Crippen MR) is 106 cm³/mol. The SMILES string of the molecule is C[C@@H]1CCCC2SCC[C@H](NC(=O)[C@H](S)Cc3ccccc3)C(=O)N21. The van der Waals surface area contributed by atoms with E-state index in [0.717, 1.165) is 24.2 Å². The third kappa shape index (κ3) is 4.53. The first-order chi connectivity index (χ1) is 12.1. The van der Waals surface area contributed by atoms with Crippen molar-refractivity contribution in [2.75, 3.05) is 5.75 Å². The molecule has 2 fully saturated rings. The minimum atomic E-state index is -0.444. The summed E-state index contributed by atoms with van der Waals surface area (Å²) in [5.41, 5.74) is 1.07. The van der Waals surface area contributed by atoms with Crippen LogP contribution in [0.15, 0.2) is 30.3 Å². The number of piperidine rings is 1.